The summed E-state index contributed by atoms with van der Waals surface area (Å²) in [7, 11) is -2.13. The van der Waals surface area contributed by atoms with Crippen LogP contribution in [0, 0.1) is 0 Å². The van der Waals surface area contributed by atoms with Crippen LogP contribution in [0.15, 0.2) is 24.3 Å². The first kappa shape index (κ1) is 24.3. The van der Waals surface area contributed by atoms with Crippen LogP contribution in [0.1, 0.15) is 54.0 Å². The molecule has 160 valence electrons. The predicted octanol–water partition coefficient (Wildman–Crippen LogP) is 6.80. The van der Waals surface area contributed by atoms with E-state index < -0.39 is 31.9 Å². The van der Waals surface area contributed by atoms with Gasteiger partial charge in [-0.15, -0.1) is 0 Å². The molecule has 0 N–H and O–H groups in total. The van der Waals surface area contributed by atoms with E-state index >= 15 is 0 Å². The second kappa shape index (κ2) is 7.61. The molecule has 0 aliphatic heterocycles. The molecular weight excluding hydrogens is 389 g/mol. The number of benzene rings is 1. The van der Waals surface area contributed by atoms with E-state index in [0.29, 0.717) is 5.75 Å². The van der Waals surface area contributed by atoms with Gasteiger partial charge in [-0.05, 0) is 58.0 Å². The molecule has 1 rings (SSSR count). The fraction of sp³-hybridized carbons (Fsp3) is 0.650. The van der Waals surface area contributed by atoms with Gasteiger partial charge in [0.25, 0.3) is 0 Å². The fourth-order valence-corrected chi connectivity index (χ4v) is 3.04. The minimum atomic E-state index is -4.83. The molecule has 1 aromatic rings. The van der Waals surface area contributed by atoms with Gasteiger partial charge < -0.3 is 13.9 Å². The van der Waals surface area contributed by atoms with Gasteiger partial charge in [-0.2, -0.15) is 13.2 Å². The van der Waals surface area contributed by atoms with E-state index in [-0.39, 0.29) is 10.6 Å². The van der Waals surface area contributed by atoms with Crippen molar-refractivity contribution in [1.82, 2.24) is 0 Å². The Balaban J connectivity index is 3.16. The molecule has 1 unspecified atom stereocenters. The quantitative estimate of drug-likeness (QED) is 0.397. The Bertz CT molecular complexity index is 685. The molecule has 0 heterocycles. The van der Waals surface area contributed by atoms with E-state index in [4.69, 9.17) is 13.9 Å². The Morgan fingerprint density at radius 3 is 1.68 bits per heavy atom. The summed E-state index contributed by atoms with van der Waals surface area (Å²) >= 11 is 0. The van der Waals surface area contributed by atoms with Crippen LogP contribution >= 0.6 is 0 Å². The summed E-state index contributed by atoms with van der Waals surface area (Å²) in [5.74, 6) is 0.483. The van der Waals surface area contributed by atoms with E-state index in [0.717, 1.165) is 6.92 Å². The van der Waals surface area contributed by atoms with Crippen molar-refractivity contribution >= 4 is 14.5 Å². The molecule has 4 nitrogen and oxygen atoms in total. The van der Waals surface area contributed by atoms with Crippen LogP contribution in [-0.2, 0) is 15.1 Å². The average Bonchev–Trinajstić information content (AvgIpc) is 2.42. The van der Waals surface area contributed by atoms with Crippen molar-refractivity contribution in [3.8, 4) is 5.75 Å². The highest BCUT2D eigenvalue weighted by molar-refractivity contribution is 6.74. The Morgan fingerprint density at radius 2 is 1.32 bits per heavy atom. The van der Waals surface area contributed by atoms with Gasteiger partial charge in [0.15, 0.2) is 0 Å². The van der Waals surface area contributed by atoms with E-state index in [1.807, 2.05) is 13.1 Å². The van der Waals surface area contributed by atoms with Gasteiger partial charge in [0.2, 0.25) is 13.9 Å². The van der Waals surface area contributed by atoms with Gasteiger partial charge in [0.1, 0.15) is 11.4 Å². The van der Waals surface area contributed by atoms with E-state index in [9.17, 15) is 18.0 Å². The zero-order chi connectivity index (χ0) is 22.2. The van der Waals surface area contributed by atoms with Crippen molar-refractivity contribution in [2.24, 2.45) is 0 Å². The molecule has 0 aromatic heterocycles. The van der Waals surface area contributed by atoms with Crippen molar-refractivity contribution < 1.29 is 31.9 Å². The fourth-order valence-electron chi connectivity index (χ4n) is 2.01. The van der Waals surface area contributed by atoms with Gasteiger partial charge in [-0.25, -0.2) is 4.79 Å². The summed E-state index contributed by atoms with van der Waals surface area (Å²) in [5.41, 5.74) is -4.02. The minimum Gasteiger partial charge on any atom is -0.544 e. The molecule has 28 heavy (non-hydrogen) atoms. The van der Waals surface area contributed by atoms with Gasteiger partial charge in [-0.3, -0.25) is 0 Å². The Morgan fingerprint density at radius 1 is 0.857 bits per heavy atom. The van der Waals surface area contributed by atoms with Crippen molar-refractivity contribution in [2.45, 2.75) is 84.0 Å². The first-order valence-corrected chi connectivity index (χ1v) is 12.0. The van der Waals surface area contributed by atoms with Crippen LogP contribution in [0.5, 0.6) is 5.75 Å². The normalized spacial score (nSPS) is 15.6. The Hall–Kier alpha value is -1.70. The number of carbonyl (C=O) groups is 1. The van der Waals surface area contributed by atoms with Crippen LogP contribution < -0.4 is 4.43 Å². The highest BCUT2D eigenvalue weighted by Gasteiger charge is 2.56. The Labute approximate surface area is 166 Å². The highest BCUT2D eigenvalue weighted by atomic mass is 28.4. The summed E-state index contributed by atoms with van der Waals surface area (Å²) < 4.78 is 57.0. The third kappa shape index (κ3) is 5.89. The Kier molecular flexibility index (Phi) is 6.61. The topological polar surface area (TPSA) is 44.8 Å². The van der Waals surface area contributed by atoms with Gasteiger partial charge in [0, 0.05) is 5.56 Å². The van der Waals surface area contributed by atoms with Crippen molar-refractivity contribution in [3.63, 3.8) is 0 Å². The lowest BCUT2D eigenvalue weighted by Crippen LogP contribution is -2.45. The summed E-state index contributed by atoms with van der Waals surface area (Å²) in [6, 6.07) is 5.47. The largest absolute Gasteiger partial charge is 0.544 e. The number of rotatable bonds is 4. The molecule has 0 radical (unpaired) electrons. The zero-order valence-electron chi connectivity index (χ0n) is 18.1. The summed E-state index contributed by atoms with van der Waals surface area (Å²) in [6.07, 6.45) is -6.21. The second-order valence-corrected chi connectivity index (χ2v) is 14.2. The smallest absolute Gasteiger partial charge is 0.510 e. The van der Waals surface area contributed by atoms with E-state index in [1.165, 1.54) is 24.3 Å². The number of halogens is 3. The maximum atomic E-state index is 13.8. The zero-order valence-corrected chi connectivity index (χ0v) is 19.1. The first-order valence-electron chi connectivity index (χ1n) is 9.07. The average molecular weight is 421 g/mol. The first-order chi connectivity index (χ1) is 12.3. The lowest BCUT2D eigenvalue weighted by Gasteiger charge is -2.37. The molecule has 0 fully saturated rings. The van der Waals surface area contributed by atoms with Crippen LogP contribution in [0.2, 0.25) is 18.1 Å². The number of hydrogen-bond acceptors (Lipinski definition) is 4. The number of hydrogen-bond donors (Lipinski definition) is 0. The van der Waals surface area contributed by atoms with Crippen LogP contribution in [0.3, 0.4) is 0 Å². The summed E-state index contributed by atoms with van der Waals surface area (Å²) in [4.78, 5) is 11.9. The lowest BCUT2D eigenvalue weighted by molar-refractivity contribution is -0.264. The monoisotopic (exact) mass is 420 g/mol. The lowest BCUT2D eigenvalue weighted by atomic mass is 9.95. The van der Waals surface area contributed by atoms with E-state index in [1.54, 1.807) is 20.8 Å². The SMILES string of the molecule is CC(C)(C)OC(=O)OC(C)(c1ccc(O[Si](C)(C)C(C)(C)C)cc1)C(F)(F)F. The van der Waals surface area contributed by atoms with Crippen molar-refractivity contribution in [3.05, 3.63) is 29.8 Å². The van der Waals surface area contributed by atoms with E-state index in [2.05, 4.69) is 20.8 Å². The standard InChI is InChI=1S/C20H31F3O4Si/c1-17(2,3)25-16(24)26-19(7,20(21,22)23)14-10-12-15(13-11-14)27-28(8,9)18(4,5)6/h10-13H,1-9H3. The third-order valence-corrected chi connectivity index (χ3v) is 9.16. The van der Waals surface area contributed by atoms with Gasteiger partial charge in [-0.1, -0.05) is 32.9 Å². The molecule has 1 aromatic carbocycles. The number of ether oxygens (including phenoxy) is 2. The minimum absolute atomic E-state index is 0.0496. The van der Waals surface area contributed by atoms with Gasteiger partial charge in [0.05, 0.1) is 0 Å². The van der Waals surface area contributed by atoms with Crippen molar-refractivity contribution in [2.75, 3.05) is 0 Å². The predicted molar refractivity (Wildman–Crippen MR) is 105 cm³/mol. The molecule has 0 spiro atoms. The molecule has 0 bridgehead atoms. The van der Waals surface area contributed by atoms with Crippen molar-refractivity contribution in [1.29, 1.82) is 0 Å². The van der Waals surface area contributed by atoms with Crippen LogP contribution in [0.25, 0.3) is 0 Å². The molecule has 8 heteroatoms. The molecule has 0 aliphatic rings. The molecular formula is C20H31F3O4Si. The van der Waals surface area contributed by atoms with Crippen LogP contribution in [-0.4, -0.2) is 26.3 Å². The van der Waals surface area contributed by atoms with Crippen LogP contribution in [0.4, 0.5) is 18.0 Å². The number of carbonyl (C=O) groups excluding carboxylic acids is 1. The molecule has 1 atom stereocenters. The molecule has 0 saturated carbocycles. The summed E-state index contributed by atoms with van der Waals surface area (Å²) in [5, 5.41) is -0.0496. The third-order valence-electron chi connectivity index (χ3n) is 4.80. The molecule has 0 amide bonds. The maximum Gasteiger partial charge on any atom is 0.510 e. The molecule has 0 saturated heterocycles. The number of alkyl halides is 3. The molecule has 0 aliphatic carbocycles. The summed E-state index contributed by atoms with van der Waals surface area (Å²) in [6.45, 7) is 15.8. The maximum absolute atomic E-state index is 13.8. The second-order valence-electron chi connectivity index (χ2n) is 9.48. The van der Waals surface area contributed by atoms with Gasteiger partial charge >= 0.3 is 12.3 Å². The highest BCUT2D eigenvalue weighted by Crippen LogP contribution is 2.43.